The second-order valence-corrected chi connectivity index (χ2v) is 10.7. The van der Waals surface area contributed by atoms with Gasteiger partial charge < -0.3 is 0 Å². The first-order valence-electron chi connectivity index (χ1n) is 12.6. The molecule has 7 nitrogen and oxygen atoms in total. The van der Waals surface area contributed by atoms with Gasteiger partial charge in [0.15, 0.2) is 0 Å². The SMILES string of the molecule is O=C1[C@H]2[C@@H]3CCCN3[C@@]3(c4ccccc4-n4c3nc3ccccc3c4=O)[C@H]2C(=O)N1c1ccccc1Cl. The molecule has 2 amide bonds. The van der Waals surface area contributed by atoms with Gasteiger partial charge in [0.1, 0.15) is 11.4 Å². The van der Waals surface area contributed by atoms with Crippen molar-refractivity contribution in [1.82, 2.24) is 14.5 Å². The smallest absolute Gasteiger partial charge is 0.266 e. The zero-order chi connectivity index (χ0) is 25.1. The van der Waals surface area contributed by atoms with Crippen LogP contribution in [0.2, 0.25) is 5.02 Å². The van der Waals surface area contributed by atoms with Crippen molar-refractivity contribution in [3.05, 3.63) is 99.6 Å². The molecule has 37 heavy (non-hydrogen) atoms. The number of benzene rings is 3. The molecule has 4 atom stereocenters. The summed E-state index contributed by atoms with van der Waals surface area (Å²) in [5, 5.41) is 0.881. The first-order chi connectivity index (χ1) is 18.0. The predicted molar refractivity (Wildman–Crippen MR) is 139 cm³/mol. The molecule has 8 heteroatoms. The molecular formula is C29H21ClN4O3. The van der Waals surface area contributed by atoms with Crippen LogP contribution in [0.4, 0.5) is 5.69 Å². The number of amides is 2. The fourth-order valence-electron chi connectivity index (χ4n) is 7.48. The number of fused-ring (bicyclic) bond motifs is 11. The molecule has 1 spiro atoms. The van der Waals surface area contributed by atoms with Crippen molar-refractivity contribution in [2.75, 3.05) is 11.4 Å². The maximum atomic E-state index is 14.4. The van der Waals surface area contributed by atoms with Crippen molar-refractivity contribution in [2.24, 2.45) is 11.8 Å². The number of rotatable bonds is 1. The fourth-order valence-corrected chi connectivity index (χ4v) is 7.70. The third-order valence-corrected chi connectivity index (χ3v) is 9.05. The number of carbonyl (C=O) groups is 2. The summed E-state index contributed by atoms with van der Waals surface area (Å²) in [5.74, 6) is -1.25. The molecular weight excluding hydrogens is 488 g/mol. The summed E-state index contributed by atoms with van der Waals surface area (Å²) in [5.41, 5.74) is 1.39. The van der Waals surface area contributed by atoms with E-state index >= 15 is 0 Å². The minimum atomic E-state index is -1.02. The number of anilines is 1. The summed E-state index contributed by atoms with van der Waals surface area (Å²) >= 11 is 6.49. The fraction of sp³-hybridized carbons (Fsp3) is 0.241. The van der Waals surface area contributed by atoms with Crippen LogP contribution >= 0.6 is 11.6 Å². The van der Waals surface area contributed by atoms with E-state index in [1.165, 1.54) is 4.90 Å². The average Bonchev–Trinajstić information content (AvgIpc) is 3.62. The summed E-state index contributed by atoms with van der Waals surface area (Å²) in [6.07, 6.45) is 1.71. The van der Waals surface area contributed by atoms with Gasteiger partial charge in [-0.05, 0) is 49.7 Å². The van der Waals surface area contributed by atoms with E-state index in [0.29, 0.717) is 27.4 Å². The molecule has 5 heterocycles. The van der Waals surface area contributed by atoms with Gasteiger partial charge in [0.05, 0.1) is 39.1 Å². The highest BCUT2D eigenvalue weighted by atomic mass is 35.5. The number of carbonyl (C=O) groups excluding carboxylic acids is 2. The van der Waals surface area contributed by atoms with Gasteiger partial charge >= 0.3 is 0 Å². The maximum absolute atomic E-state index is 14.4. The zero-order valence-electron chi connectivity index (χ0n) is 19.7. The molecule has 4 aliphatic rings. The van der Waals surface area contributed by atoms with Crippen LogP contribution in [0.15, 0.2) is 77.6 Å². The van der Waals surface area contributed by atoms with Crippen molar-refractivity contribution >= 4 is 40.0 Å². The Hall–Kier alpha value is -3.81. The Morgan fingerprint density at radius 3 is 2.43 bits per heavy atom. The van der Waals surface area contributed by atoms with Gasteiger partial charge in [0, 0.05) is 11.6 Å². The average molecular weight is 509 g/mol. The van der Waals surface area contributed by atoms with Crippen LogP contribution in [-0.4, -0.2) is 38.9 Å². The van der Waals surface area contributed by atoms with Crippen LogP contribution in [0.25, 0.3) is 16.6 Å². The number of imide groups is 1. The molecule has 0 saturated carbocycles. The van der Waals surface area contributed by atoms with Crippen LogP contribution in [0.3, 0.4) is 0 Å². The van der Waals surface area contributed by atoms with E-state index in [2.05, 4.69) is 4.90 Å². The largest absolute Gasteiger partial charge is 0.283 e. The molecule has 3 saturated heterocycles. The minimum absolute atomic E-state index is 0.128. The van der Waals surface area contributed by atoms with Crippen molar-refractivity contribution < 1.29 is 9.59 Å². The monoisotopic (exact) mass is 508 g/mol. The Morgan fingerprint density at radius 1 is 0.865 bits per heavy atom. The molecule has 3 aromatic carbocycles. The van der Waals surface area contributed by atoms with Gasteiger partial charge in [-0.2, -0.15) is 0 Å². The maximum Gasteiger partial charge on any atom is 0.266 e. The zero-order valence-corrected chi connectivity index (χ0v) is 20.4. The number of hydrogen-bond donors (Lipinski definition) is 0. The van der Waals surface area contributed by atoms with Gasteiger partial charge in [0.25, 0.3) is 5.56 Å². The number of nitrogens with zero attached hydrogens (tertiary/aromatic N) is 4. The van der Waals surface area contributed by atoms with E-state index < -0.39 is 17.4 Å². The molecule has 0 radical (unpaired) electrons. The molecule has 0 bridgehead atoms. The normalized spacial score (nSPS) is 27.7. The summed E-state index contributed by atoms with van der Waals surface area (Å²) in [7, 11) is 0. The van der Waals surface area contributed by atoms with Crippen LogP contribution in [0.1, 0.15) is 24.2 Å². The number of aromatic nitrogens is 2. The van der Waals surface area contributed by atoms with E-state index in [1.807, 2.05) is 42.5 Å². The predicted octanol–water partition coefficient (Wildman–Crippen LogP) is 3.88. The molecule has 8 rings (SSSR count). The first kappa shape index (κ1) is 21.3. The van der Waals surface area contributed by atoms with E-state index in [0.717, 1.165) is 30.6 Å². The van der Waals surface area contributed by atoms with Crippen LogP contribution in [0.5, 0.6) is 0 Å². The van der Waals surface area contributed by atoms with Crippen molar-refractivity contribution in [1.29, 1.82) is 0 Å². The third-order valence-electron chi connectivity index (χ3n) is 8.73. The van der Waals surface area contributed by atoms with Crippen molar-refractivity contribution in [3.8, 4) is 5.69 Å². The van der Waals surface area contributed by atoms with E-state index in [-0.39, 0.29) is 23.4 Å². The van der Waals surface area contributed by atoms with Crippen LogP contribution in [0, 0.1) is 11.8 Å². The lowest BCUT2D eigenvalue weighted by Gasteiger charge is -2.38. The molecule has 4 aromatic rings. The lowest BCUT2D eigenvalue weighted by atomic mass is 9.75. The molecule has 0 unspecified atom stereocenters. The highest BCUT2D eigenvalue weighted by Crippen LogP contribution is 2.62. The summed E-state index contributed by atoms with van der Waals surface area (Å²) < 4.78 is 1.67. The highest BCUT2D eigenvalue weighted by molar-refractivity contribution is 6.36. The van der Waals surface area contributed by atoms with Crippen molar-refractivity contribution in [2.45, 2.75) is 24.4 Å². The van der Waals surface area contributed by atoms with E-state index in [4.69, 9.17) is 16.6 Å². The van der Waals surface area contributed by atoms with Crippen molar-refractivity contribution in [3.63, 3.8) is 0 Å². The summed E-state index contributed by atoms with van der Waals surface area (Å²) in [4.78, 5) is 51.0. The second kappa shape index (κ2) is 7.15. The molecule has 1 aromatic heterocycles. The summed E-state index contributed by atoms with van der Waals surface area (Å²) in [6.45, 7) is 0.724. The molecule has 3 fully saturated rings. The molecule has 4 aliphatic heterocycles. The third kappa shape index (κ3) is 2.37. The van der Waals surface area contributed by atoms with E-state index in [9.17, 15) is 14.4 Å². The quantitative estimate of drug-likeness (QED) is 0.365. The van der Waals surface area contributed by atoms with Gasteiger partial charge in [0.2, 0.25) is 11.8 Å². The standard InChI is InChI=1S/C29H21ClN4O3/c30-18-10-3-6-13-21(18)33-26(36)23-22-14-7-15-32(22)29(24(23)27(33)37)17-9-2-5-12-20(17)34-25(35)16-8-1-4-11-19(16)31-28(29)34/h1-6,8-13,22-24H,7,14-15H2/t22-,23-,24+,29-/m0/s1. The Balaban J connectivity index is 1.46. The van der Waals surface area contributed by atoms with Gasteiger partial charge in [-0.1, -0.05) is 54.1 Å². The molecule has 0 N–H and O–H groups in total. The van der Waals surface area contributed by atoms with Gasteiger partial charge in [-0.25, -0.2) is 9.88 Å². The lowest BCUT2D eigenvalue weighted by molar-refractivity contribution is -0.124. The highest BCUT2D eigenvalue weighted by Gasteiger charge is 2.73. The second-order valence-electron chi connectivity index (χ2n) is 10.2. The number of halogens is 1. The topological polar surface area (TPSA) is 75.5 Å². The Kier molecular flexibility index (Phi) is 4.11. The van der Waals surface area contributed by atoms with Gasteiger partial charge in [-0.15, -0.1) is 0 Å². The Labute approximate surface area is 216 Å². The molecule has 182 valence electrons. The minimum Gasteiger partial charge on any atom is -0.283 e. The number of para-hydroxylation sites is 3. The summed E-state index contributed by atoms with van der Waals surface area (Å²) in [6, 6.07) is 21.9. The first-order valence-corrected chi connectivity index (χ1v) is 12.9. The van der Waals surface area contributed by atoms with E-state index in [1.54, 1.807) is 34.9 Å². The van der Waals surface area contributed by atoms with Crippen LogP contribution < -0.4 is 10.5 Å². The molecule has 0 aliphatic carbocycles. The lowest BCUT2D eigenvalue weighted by Crippen LogP contribution is -2.51. The Morgan fingerprint density at radius 2 is 1.59 bits per heavy atom. The number of hydrogen-bond acceptors (Lipinski definition) is 5. The Bertz CT molecular complexity index is 1750. The van der Waals surface area contributed by atoms with Gasteiger partial charge in [-0.3, -0.25) is 23.9 Å². The van der Waals surface area contributed by atoms with Crippen LogP contribution in [-0.2, 0) is 15.1 Å².